The number of aryl methyl sites for hydroxylation is 1. The molecule has 7 nitrogen and oxygen atoms in total. The van der Waals surface area contributed by atoms with E-state index in [0.717, 1.165) is 16.3 Å². The molecule has 2 amide bonds. The Morgan fingerprint density at radius 3 is 2.18 bits per heavy atom. The van der Waals surface area contributed by atoms with Gasteiger partial charge in [0.15, 0.2) is 0 Å². The molecule has 0 aliphatic rings. The fourth-order valence-corrected chi connectivity index (χ4v) is 5.79. The van der Waals surface area contributed by atoms with E-state index in [0.29, 0.717) is 27.8 Å². The Morgan fingerprint density at radius 2 is 1.61 bits per heavy atom. The van der Waals surface area contributed by atoms with E-state index in [1.165, 1.54) is 17.0 Å². The number of sulfonamides is 1. The number of likely N-dealkylation sites (N-methyl/N-ethyl adjacent to an activating group) is 1. The predicted octanol–water partition coefficient (Wildman–Crippen LogP) is 5.30. The van der Waals surface area contributed by atoms with Crippen LogP contribution < -0.4 is 9.62 Å². The van der Waals surface area contributed by atoms with Gasteiger partial charge < -0.3 is 10.2 Å². The van der Waals surface area contributed by atoms with E-state index in [2.05, 4.69) is 5.32 Å². The van der Waals surface area contributed by atoms with E-state index in [-0.39, 0.29) is 17.3 Å². The van der Waals surface area contributed by atoms with Crippen LogP contribution in [-0.4, -0.2) is 44.3 Å². The first kappa shape index (κ1) is 29.5. The van der Waals surface area contributed by atoms with Crippen LogP contribution in [-0.2, 0) is 32.6 Å². The minimum Gasteiger partial charge on any atom is -0.355 e. The number of carbonyl (C=O) groups is 2. The van der Waals surface area contributed by atoms with Crippen LogP contribution in [0.3, 0.4) is 0 Å². The molecule has 202 valence electrons. The van der Waals surface area contributed by atoms with Crippen molar-refractivity contribution in [3.8, 4) is 0 Å². The summed E-state index contributed by atoms with van der Waals surface area (Å²) in [4.78, 5) is 28.0. The number of halogens is 2. The Balaban J connectivity index is 2.04. The molecule has 0 aliphatic heterocycles. The molecule has 0 aromatic heterocycles. The van der Waals surface area contributed by atoms with Crippen LogP contribution in [0.2, 0.25) is 10.0 Å². The number of anilines is 1. The normalized spacial score (nSPS) is 12.0. The number of amides is 2. The monoisotopic (exact) mass is 575 g/mol. The maximum absolute atomic E-state index is 13.8. The van der Waals surface area contributed by atoms with Crippen LogP contribution in [0, 0.1) is 0 Å². The minimum absolute atomic E-state index is 0.0128. The molecule has 3 rings (SSSR count). The molecular formula is C28H31Cl2N3O4S. The molecule has 0 saturated carbocycles. The van der Waals surface area contributed by atoms with Gasteiger partial charge in [-0.1, -0.05) is 66.5 Å². The van der Waals surface area contributed by atoms with Gasteiger partial charge in [-0.3, -0.25) is 13.9 Å². The molecule has 3 aromatic rings. The van der Waals surface area contributed by atoms with Crippen LogP contribution >= 0.6 is 23.2 Å². The standard InChI is InChI=1S/C28H31Cl2N3O4S/c1-4-21-11-15-24(16-12-21)33(38(36,37)25-9-7-6-8-10-25)19-27(34)32(20(3)28(35)31-5-2)18-22-13-14-23(29)17-26(22)30/h6-17,20H,4-5,18-19H2,1-3H3,(H,31,35)/t20-/m0/s1. The number of carbonyl (C=O) groups excluding carboxylic acids is 2. The maximum Gasteiger partial charge on any atom is 0.264 e. The molecule has 0 spiro atoms. The van der Waals surface area contributed by atoms with Gasteiger partial charge in [-0.25, -0.2) is 8.42 Å². The van der Waals surface area contributed by atoms with Crippen LogP contribution in [0.5, 0.6) is 0 Å². The van der Waals surface area contributed by atoms with E-state index in [1.54, 1.807) is 62.4 Å². The van der Waals surface area contributed by atoms with Gasteiger partial charge in [-0.05, 0) is 67.8 Å². The fraction of sp³-hybridized carbons (Fsp3) is 0.286. The van der Waals surface area contributed by atoms with Crippen LogP contribution in [0.15, 0.2) is 77.7 Å². The molecule has 1 atom stereocenters. The highest BCUT2D eigenvalue weighted by atomic mass is 35.5. The second-order valence-electron chi connectivity index (χ2n) is 8.67. The molecule has 0 aliphatic carbocycles. The topological polar surface area (TPSA) is 86.8 Å². The van der Waals surface area contributed by atoms with Crippen molar-refractivity contribution in [3.63, 3.8) is 0 Å². The lowest BCUT2D eigenvalue weighted by molar-refractivity contribution is -0.139. The van der Waals surface area contributed by atoms with Gasteiger partial charge in [0.05, 0.1) is 10.6 Å². The lowest BCUT2D eigenvalue weighted by atomic mass is 10.1. The number of rotatable bonds is 11. The quantitative estimate of drug-likeness (QED) is 0.336. The Hall–Kier alpha value is -3.07. The van der Waals surface area contributed by atoms with E-state index < -0.39 is 28.5 Å². The number of nitrogens with one attached hydrogen (secondary N) is 1. The summed E-state index contributed by atoms with van der Waals surface area (Å²) in [5.41, 5.74) is 1.95. The second kappa shape index (κ2) is 13.1. The van der Waals surface area contributed by atoms with Gasteiger partial charge in [0.1, 0.15) is 12.6 Å². The Kier molecular flexibility index (Phi) is 10.2. The van der Waals surface area contributed by atoms with Crippen molar-refractivity contribution >= 4 is 50.7 Å². The lowest BCUT2D eigenvalue weighted by Gasteiger charge is -2.32. The summed E-state index contributed by atoms with van der Waals surface area (Å²) in [5.74, 6) is -0.926. The van der Waals surface area contributed by atoms with Crippen LogP contribution in [0.1, 0.15) is 31.9 Å². The zero-order chi connectivity index (χ0) is 27.9. The van der Waals surface area contributed by atoms with E-state index >= 15 is 0 Å². The number of benzene rings is 3. The maximum atomic E-state index is 13.8. The fourth-order valence-electron chi connectivity index (χ4n) is 3.88. The van der Waals surface area contributed by atoms with E-state index in [1.807, 2.05) is 19.1 Å². The summed E-state index contributed by atoms with van der Waals surface area (Å²) in [6.07, 6.45) is 0.782. The van der Waals surface area contributed by atoms with Crippen molar-refractivity contribution in [1.29, 1.82) is 0 Å². The summed E-state index contributed by atoms with van der Waals surface area (Å²) < 4.78 is 28.6. The molecule has 0 bridgehead atoms. The molecule has 0 unspecified atom stereocenters. The van der Waals surface area contributed by atoms with Crippen molar-refractivity contribution in [2.45, 2.75) is 44.7 Å². The van der Waals surface area contributed by atoms with Gasteiger partial charge >= 0.3 is 0 Å². The zero-order valence-electron chi connectivity index (χ0n) is 21.5. The number of hydrogen-bond donors (Lipinski definition) is 1. The summed E-state index contributed by atoms with van der Waals surface area (Å²) in [6, 6.07) is 18.9. The van der Waals surface area contributed by atoms with Crippen LogP contribution in [0.4, 0.5) is 5.69 Å². The Labute approximate surface area is 234 Å². The highest BCUT2D eigenvalue weighted by Gasteiger charge is 2.32. The molecule has 0 fully saturated rings. The molecule has 3 aromatic carbocycles. The summed E-state index contributed by atoms with van der Waals surface area (Å²) in [7, 11) is -4.10. The summed E-state index contributed by atoms with van der Waals surface area (Å²) in [6.45, 7) is 5.23. The zero-order valence-corrected chi connectivity index (χ0v) is 23.9. The van der Waals surface area contributed by atoms with Crippen molar-refractivity contribution in [3.05, 3.63) is 94.0 Å². The van der Waals surface area contributed by atoms with Crippen molar-refractivity contribution in [1.82, 2.24) is 10.2 Å². The van der Waals surface area contributed by atoms with Gasteiger partial charge in [0.25, 0.3) is 10.0 Å². The van der Waals surface area contributed by atoms with E-state index in [9.17, 15) is 18.0 Å². The molecule has 0 heterocycles. The first-order valence-electron chi connectivity index (χ1n) is 12.3. The third-order valence-corrected chi connectivity index (χ3v) is 8.49. The Morgan fingerprint density at radius 1 is 0.947 bits per heavy atom. The number of hydrogen-bond acceptors (Lipinski definition) is 4. The van der Waals surface area contributed by atoms with Gasteiger partial charge in [0.2, 0.25) is 11.8 Å². The third-order valence-electron chi connectivity index (χ3n) is 6.12. The first-order chi connectivity index (χ1) is 18.1. The average Bonchev–Trinajstić information content (AvgIpc) is 2.91. The largest absolute Gasteiger partial charge is 0.355 e. The SMILES string of the molecule is CCNC(=O)[C@H](C)N(Cc1ccc(Cl)cc1Cl)C(=O)CN(c1ccc(CC)cc1)S(=O)(=O)c1ccccc1. The molecule has 38 heavy (non-hydrogen) atoms. The second-order valence-corrected chi connectivity index (χ2v) is 11.4. The minimum atomic E-state index is -4.10. The smallest absolute Gasteiger partial charge is 0.264 e. The Bertz CT molecular complexity index is 1370. The van der Waals surface area contributed by atoms with Gasteiger partial charge in [-0.15, -0.1) is 0 Å². The number of nitrogens with zero attached hydrogens (tertiary/aromatic N) is 2. The molecule has 0 saturated heterocycles. The van der Waals surface area contributed by atoms with Crippen molar-refractivity contribution in [2.24, 2.45) is 0 Å². The van der Waals surface area contributed by atoms with Crippen molar-refractivity contribution < 1.29 is 18.0 Å². The lowest BCUT2D eigenvalue weighted by Crippen LogP contribution is -2.51. The molecular weight excluding hydrogens is 545 g/mol. The summed E-state index contributed by atoms with van der Waals surface area (Å²) in [5, 5.41) is 3.49. The molecule has 10 heteroatoms. The van der Waals surface area contributed by atoms with Crippen molar-refractivity contribution in [2.75, 3.05) is 17.4 Å². The first-order valence-corrected chi connectivity index (χ1v) is 14.5. The molecule has 1 N–H and O–H groups in total. The van der Waals surface area contributed by atoms with Gasteiger partial charge in [0, 0.05) is 23.1 Å². The van der Waals surface area contributed by atoms with Crippen LogP contribution in [0.25, 0.3) is 0 Å². The molecule has 0 radical (unpaired) electrons. The van der Waals surface area contributed by atoms with Gasteiger partial charge in [-0.2, -0.15) is 0 Å². The highest BCUT2D eigenvalue weighted by molar-refractivity contribution is 7.92. The average molecular weight is 577 g/mol. The highest BCUT2D eigenvalue weighted by Crippen LogP contribution is 2.26. The summed E-state index contributed by atoms with van der Waals surface area (Å²) >= 11 is 12.4. The predicted molar refractivity (Wildman–Crippen MR) is 152 cm³/mol. The van der Waals surface area contributed by atoms with E-state index in [4.69, 9.17) is 23.2 Å². The third kappa shape index (κ3) is 7.07.